The van der Waals surface area contributed by atoms with Crippen LogP contribution in [0.15, 0.2) is 36.5 Å². The fraction of sp³-hybridized carbons (Fsp3) is 0.381. The minimum Gasteiger partial charge on any atom is -0.490 e. The van der Waals surface area contributed by atoms with Crippen LogP contribution in [-0.2, 0) is 9.53 Å². The number of carbonyl (C=O) groups is 2. The van der Waals surface area contributed by atoms with Crippen molar-refractivity contribution < 1.29 is 28.5 Å². The Kier molecular flexibility index (Phi) is 9.39. The van der Waals surface area contributed by atoms with Crippen LogP contribution in [0.5, 0.6) is 17.4 Å². The Bertz CT molecular complexity index is 843. The minimum atomic E-state index is -0.413. The zero-order valence-corrected chi connectivity index (χ0v) is 17.4. The monoisotopic (exact) mass is 417 g/mol. The van der Waals surface area contributed by atoms with Crippen molar-refractivity contribution in [3.8, 4) is 17.4 Å². The topological polar surface area (TPSA) is 108 Å². The molecule has 1 aromatic heterocycles. The Morgan fingerprint density at radius 3 is 2.50 bits per heavy atom. The summed E-state index contributed by atoms with van der Waals surface area (Å²) in [7, 11) is 1.56. The Hall–Kier alpha value is -3.33. The van der Waals surface area contributed by atoms with Gasteiger partial charge in [0.1, 0.15) is 12.3 Å². The highest BCUT2D eigenvalue weighted by Crippen LogP contribution is 2.28. The average Bonchev–Trinajstić information content (AvgIpc) is 2.75. The number of aromatic nitrogens is 1. The Labute approximate surface area is 175 Å². The second kappa shape index (κ2) is 12.3. The van der Waals surface area contributed by atoms with Crippen molar-refractivity contribution in [3.63, 3.8) is 0 Å². The quantitative estimate of drug-likeness (QED) is 0.510. The molecule has 0 atom stereocenters. The van der Waals surface area contributed by atoms with Gasteiger partial charge in [-0.05, 0) is 44.2 Å². The zero-order valence-electron chi connectivity index (χ0n) is 17.4. The number of carbonyl (C=O) groups excluding carboxylic acids is 2. The molecule has 30 heavy (non-hydrogen) atoms. The van der Waals surface area contributed by atoms with Crippen LogP contribution in [0.2, 0.25) is 0 Å². The molecule has 2 amide bonds. The van der Waals surface area contributed by atoms with Gasteiger partial charge in [-0.25, -0.2) is 4.98 Å². The van der Waals surface area contributed by atoms with E-state index in [4.69, 9.17) is 18.9 Å². The maximum atomic E-state index is 12.4. The lowest BCUT2D eigenvalue weighted by Gasteiger charge is -2.13. The first kappa shape index (κ1) is 23.0. The van der Waals surface area contributed by atoms with Crippen LogP contribution in [0.3, 0.4) is 0 Å². The summed E-state index contributed by atoms with van der Waals surface area (Å²) in [4.78, 5) is 28.8. The second-order valence-electron chi connectivity index (χ2n) is 5.96. The third-order valence-electron chi connectivity index (χ3n) is 3.79. The van der Waals surface area contributed by atoms with Gasteiger partial charge in [-0.2, -0.15) is 0 Å². The molecule has 0 saturated heterocycles. The number of amides is 2. The SMILES string of the molecule is CCOc1ccc(C(=O)NCC(=O)Nc2cccnc2OCCOC)cc1OCC. The number of benzene rings is 1. The number of nitrogens with zero attached hydrogens (tertiary/aromatic N) is 1. The summed E-state index contributed by atoms with van der Waals surface area (Å²) in [5, 5.41) is 5.26. The number of ether oxygens (including phenoxy) is 4. The van der Waals surface area contributed by atoms with Crippen LogP contribution in [0.25, 0.3) is 0 Å². The lowest BCUT2D eigenvalue weighted by atomic mass is 10.2. The maximum absolute atomic E-state index is 12.4. The first-order valence-corrected chi connectivity index (χ1v) is 9.63. The second-order valence-corrected chi connectivity index (χ2v) is 5.96. The molecule has 2 rings (SSSR count). The van der Waals surface area contributed by atoms with Crippen molar-refractivity contribution in [2.24, 2.45) is 0 Å². The number of nitrogens with one attached hydrogen (secondary N) is 2. The molecule has 1 heterocycles. The lowest BCUT2D eigenvalue weighted by Crippen LogP contribution is -2.33. The first-order chi connectivity index (χ1) is 14.6. The fourth-order valence-corrected chi connectivity index (χ4v) is 2.47. The van der Waals surface area contributed by atoms with E-state index in [2.05, 4.69) is 15.6 Å². The van der Waals surface area contributed by atoms with Gasteiger partial charge in [0.2, 0.25) is 11.8 Å². The summed E-state index contributed by atoms with van der Waals surface area (Å²) in [5.41, 5.74) is 0.771. The van der Waals surface area contributed by atoms with Crippen LogP contribution >= 0.6 is 0 Å². The van der Waals surface area contributed by atoms with Gasteiger partial charge in [-0.1, -0.05) is 0 Å². The predicted molar refractivity (Wildman–Crippen MR) is 111 cm³/mol. The fourth-order valence-electron chi connectivity index (χ4n) is 2.47. The van der Waals surface area contributed by atoms with Gasteiger partial charge in [-0.15, -0.1) is 0 Å². The maximum Gasteiger partial charge on any atom is 0.251 e. The van der Waals surface area contributed by atoms with Gasteiger partial charge in [0.05, 0.1) is 26.4 Å². The molecule has 0 aliphatic rings. The van der Waals surface area contributed by atoms with Gasteiger partial charge in [0.25, 0.3) is 5.91 Å². The highest BCUT2D eigenvalue weighted by molar-refractivity contribution is 6.00. The summed E-state index contributed by atoms with van der Waals surface area (Å²) < 4.78 is 21.4. The number of pyridine rings is 1. The van der Waals surface area contributed by atoms with Crippen LogP contribution < -0.4 is 24.8 Å². The molecular formula is C21H27N3O6. The number of anilines is 1. The average molecular weight is 417 g/mol. The van der Waals surface area contributed by atoms with E-state index in [1.54, 1.807) is 43.6 Å². The van der Waals surface area contributed by atoms with E-state index in [-0.39, 0.29) is 12.4 Å². The molecule has 0 spiro atoms. The molecule has 0 radical (unpaired) electrons. The molecule has 0 unspecified atom stereocenters. The predicted octanol–water partition coefficient (Wildman–Crippen LogP) is 2.27. The normalized spacial score (nSPS) is 10.2. The molecule has 0 saturated carbocycles. The Balaban J connectivity index is 1.95. The molecule has 162 valence electrons. The van der Waals surface area contributed by atoms with Crippen molar-refractivity contribution in [2.45, 2.75) is 13.8 Å². The number of hydrogen-bond acceptors (Lipinski definition) is 7. The van der Waals surface area contributed by atoms with Crippen LogP contribution in [0.1, 0.15) is 24.2 Å². The molecule has 0 aliphatic carbocycles. The number of hydrogen-bond donors (Lipinski definition) is 2. The van der Waals surface area contributed by atoms with Gasteiger partial charge in [0, 0.05) is 18.9 Å². The minimum absolute atomic E-state index is 0.220. The van der Waals surface area contributed by atoms with Crippen LogP contribution in [-0.4, -0.2) is 56.9 Å². The lowest BCUT2D eigenvalue weighted by molar-refractivity contribution is -0.115. The van der Waals surface area contributed by atoms with Crippen LogP contribution in [0.4, 0.5) is 5.69 Å². The zero-order chi connectivity index (χ0) is 21.8. The third kappa shape index (κ3) is 6.93. The van der Waals surface area contributed by atoms with Crippen molar-refractivity contribution in [3.05, 3.63) is 42.1 Å². The highest BCUT2D eigenvalue weighted by atomic mass is 16.5. The first-order valence-electron chi connectivity index (χ1n) is 9.63. The molecule has 9 heteroatoms. The molecule has 0 fully saturated rings. The van der Waals surface area contributed by atoms with Gasteiger partial charge in [-0.3, -0.25) is 9.59 Å². The molecule has 1 aromatic carbocycles. The molecule has 2 N–H and O–H groups in total. The summed E-state index contributed by atoms with van der Waals surface area (Å²) in [6.07, 6.45) is 1.56. The summed E-state index contributed by atoms with van der Waals surface area (Å²) >= 11 is 0. The molecule has 9 nitrogen and oxygen atoms in total. The largest absolute Gasteiger partial charge is 0.490 e. The molecular weight excluding hydrogens is 390 g/mol. The van der Waals surface area contributed by atoms with E-state index in [9.17, 15) is 9.59 Å². The summed E-state index contributed by atoms with van der Waals surface area (Å²) in [6, 6.07) is 8.21. The van der Waals surface area contributed by atoms with Gasteiger partial charge in [0.15, 0.2) is 11.5 Å². The molecule has 2 aromatic rings. The summed E-state index contributed by atoms with van der Waals surface area (Å²) in [6.45, 7) is 5.11. The Morgan fingerprint density at radius 2 is 1.77 bits per heavy atom. The van der Waals surface area contributed by atoms with Gasteiger partial charge >= 0.3 is 0 Å². The van der Waals surface area contributed by atoms with E-state index >= 15 is 0 Å². The number of methoxy groups -OCH3 is 1. The molecule has 0 aliphatic heterocycles. The smallest absolute Gasteiger partial charge is 0.251 e. The van der Waals surface area contributed by atoms with E-state index < -0.39 is 11.8 Å². The van der Waals surface area contributed by atoms with Crippen molar-refractivity contribution in [2.75, 3.05) is 45.4 Å². The Morgan fingerprint density at radius 1 is 1.00 bits per heavy atom. The number of rotatable bonds is 12. The highest BCUT2D eigenvalue weighted by Gasteiger charge is 2.14. The molecule has 0 bridgehead atoms. The van der Waals surface area contributed by atoms with Crippen molar-refractivity contribution in [1.82, 2.24) is 10.3 Å². The van der Waals surface area contributed by atoms with Crippen LogP contribution in [0, 0.1) is 0 Å². The van der Waals surface area contributed by atoms with E-state index in [1.807, 2.05) is 13.8 Å². The standard InChI is InChI=1S/C21H27N3O6/c1-4-28-17-9-8-15(13-18(17)29-5-2)20(26)23-14-19(25)24-16-7-6-10-22-21(16)30-12-11-27-3/h6-10,13H,4-5,11-12,14H2,1-3H3,(H,23,26)(H,24,25). The van der Waals surface area contributed by atoms with E-state index in [1.165, 1.54) is 0 Å². The summed E-state index contributed by atoms with van der Waals surface area (Å²) in [5.74, 6) is 0.499. The third-order valence-corrected chi connectivity index (χ3v) is 3.79. The van der Waals surface area contributed by atoms with Crippen molar-refractivity contribution in [1.29, 1.82) is 0 Å². The van der Waals surface area contributed by atoms with Gasteiger partial charge < -0.3 is 29.6 Å². The van der Waals surface area contributed by atoms with E-state index in [0.29, 0.717) is 49.2 Å². The van der Waals surface area contributed by atoms with E-state index in [0.717, 1.165) is 0 Å². The van der Waals surface area contributed by atoms with Crippen molar-refractivity contribution >= 4 is 17.5 Å².